The number of nitrogens with zero attached hydrogens (tertiary/aromatic N) is 2. The number of ether oxygens (including phenoxy) is 1. The summed E-state index contributed by atoms with van der Waals surface area (Å²) < 4.78 is 5.51. The quantitative estimate of drug-likeness (QED) is 0.864. The van der Waals surface area contributed by atoms with Gasteiger partial charge in [-0.3, -0.25) is 9.89 Å². The molecule has 1 unspecified atom stereocenters. The molecule has 0 saturated carbocycles. The summed E-state index contributed by atoms with van der Waals surface area (Å²) in [5, 5.41) is 7.25. The van der Waals surface area contributed by atoms with Gasteiger partial charge in [0.05, 0.1) is 12.6 Å². The Morgan fingerprint density at radius 3 is 2.80 bits per heavy atom. The predicted octanol–water partition coefficient (Wildman–Crippen LogP) is 3.98. The van der Waals surface area contributed by atoms with Crippen LogP contribution in [-0.4, -0.2) is 34.2 Å². The van der Waals surface area contributed by atoms with E-state index in [1.165, 1.54) is 0 Å². The summed E-state index contributed by atoms with van der Waals surface area (Å²) in [6.45, 7) is 7.73. The van der Waals surface area contributed by atoms with Crippen molar-refractivity contribution < 1.29 is 9.53 Å². The molecule has 0 bridgehead atoms. The van der Waals surface area contributed by atoms with E-state index in [1.54, 1.807) is 0 Å². The first kappa shape index (κ1) is 17.5. The number of amides is 1. The van der Waals surface area contributed by atoms with Crippen molar-refractivity contribution in [3.8, 4) is 5.75 Å². The minimum absolute atomic E-state index is 0.0163. The van der Waals surface area contributed by atoms with Gasteiger partial charge in [0, 0.05) is 12.2 Å². The highest BCUT2D eigenvalue weighted by atomic mass is 16.5. The number of carbonyl (C=O) groups is 1. The molecule has 0 radical (unpaired) electrons. The molecule has 1 saturated heterocycles. The number of hydrogen-bond acceptors (Lipinski definition) is 3. The van der Waals surface area contributed by atoms with Gasteiger partial charge < -0.3 is 9.64 Å². The van der Waals surface area contributed by atoms with Gasteiger partial charge in [-0.05, 0) is 55.9 Å². The van der Waals surface area contributed by atoms with E-state index in [4.69, 9.17) is 4.74 Å². The summed E-state index contributed by atoms with van der Waals surface area (Å²) in [5.41, 5.74) is 2.70. The molecule has 1 N–H and O–H groups in total. The monoisotopic (exact) mass is 341 g/mol. The fourth-order valence-electron chi connectivity index (χ4n) is 3.47. The zero-order chi connectivity index (χ0) is 17.8. The van der Waals surface area contributed by atoms with Crippen molar-refractivity contribution in [3.05, 3.63) is 47.3 Å². The van der Waals surface area contributed by atoms with Gasteiger partial charge in [-0.2, -0.15) is 5.10 Å². The largest absolute Gasteiger partial charge is 0.494 e. The molecule has 1 amide bonds. The molecular weight excluding hydrogens is 314 g/mol. The van der Waals surface area contributed by atoms with Crippen LogP contribution in [0.1, 0.15) is 61.4 Å². The van der Waals surface area contributed by atoms with Crippen molar-refractivity contribution in [1.82, 2.24) is 15.1 Å². The van der Waals surface area contributed by atoms with Crippen LogP contribution in [0.5, 0.6) is 5.75 Å². The second kappa shape index (κ2) is 7.72. The van der Waals surface area contributed by atoms with Gasteiger partial charge in [0.25, 0.3) is 5.91 Å². The topological polar surface area (TPSA) is 58.2 Å². The van der Waals surface area contributed by atoms with Crippen LogP contribution in [0.3, 0.4) is 0 Å². The van der Waals surface area contributed by atoms with Gasteiger partial charge in [-0.15, -0.1) is 0 Å². The van der Waals surface area contributed by atoms with Crippen LogP contribution < -0.4 is 4.74 Å². The summed E-state index contributed by atoms with van der Waals surface area (Å²) in [6.07, 6.45) is 2.92. The van der Waals surface area contributed by atoms with Crippen LogP contribution in [0, 0.1) is 5.92 Å². The standard InChI is InChI=1S/C20H27N3O2/c1-4-25-17-9-7-15(8-10-17)19-6-5-11-23(19)20(24)18-13-16(21-22-18)12-14(2)3/h7-10,13-14,19H,4-6,11-12H2,1-3H3,(H,21,22). The van der Waals surface area contributed by atoms with Crippen molar-refractivity contribution in [2.75, 3.05) is 13.2 Å². The maximum atomic E-state index is 12.9. The summed E-state index contributed by atoms with van der Waals surface area (Å²) in [4.78, 5) is 14.9. The molecule has 5 nitrogen and oxygen atoms in total. The van der Waals surface area contributed by atoms with Crippen LogP contribution in [-0.2, 0) is 6.42 Å². The summed E-state index contributed by atoms with van der Waals surface area (Å²) >= 11 is 0. The van der Waals surface area contributed by atoms with E-state index < -0.39 is 0 Å². The lowest BCUT2D eigenvalue weighted by Gasteiger charge is -2.24. The Labute approximate surface area is 149 Å². The number of rotatable bonds is 6. The van der Waals surface area contributed by atoms with E-state index in [2.05, 4.69) is 36.2 Å². The van der Waals surface area contributed by atoms with Crippen LogP contribution >= 0.6 is 0 Å². The third-order valence-corrected chi connectivity index (χ3v) is 4.57. The molecule has 2 heterocycles. The zero-order valence-electron chi connectivity index (χ0n) is 15.3. The molecule has 2 aromatic rings. The zero-order valence-corrected chi connectivity index (χ0v) is 15.3. The lowest BCUT2D eigenvalue weighted by molar-refractivity contribution is 0.0729. The van der Waals surface area contributed by atoms with E-state index in [1.807, 2.05) is 30.0 Å². The molecule has 1 atom stereocenters. The Morgan fingerprint density at radius 2 is 2.12 bits per heavy atom. The van der Waals surface area contributed by atoms with E-state index in [9.17, 15) is 4.79 Å². The molecule has 3 rings (SSSR count). The molecule has 1 aliphatic rings. The second-order valence-electron chi connectivity index (χ2n) is 7.04. The highest BCUT2D eigenvalue weighted by Crippen LogP contribution is 2.33. The van der Waals surface area contributed by atoms with E-state index >= 15 is 0 Å². The first-order valence-electron chi connectivity index (χ1n) is 9.16. The van der Waals surface area contributed by atoms with Crippen molar-refractivity contribution >= 4 is 5.91 Å². The Balaban J connectivity index is 1.74. The highest BCUT2D eigenvalue weighted by molar-refractivity contribution is 5.92. The number of hydrogen-bond donors (Lipinski definition) is 1. The molecule has 1 aliphatic heterocycles. The van der Waals surface area contributed by atoms with Crippen LogP contribution in [0.25, 0.3) is 0 Å². The Morgan fingerprint density at radius 1 is 1.36 bits per heavy atom. The van der Waals surface area contributed by atoms with E-state index in [0.29, 0.717) is 18.2 Å². The molecule has 0 spiro atoms. The molecule has 25 heavy (non-hydrogen) atoms. The van der Waals surface area contributed by atoms with Gasteiger partial charge in [0.15, 0.2) is 0 Å². The smallest absolute Gasteiger partial charge is 0.274 e. The lowest BCUT2D eigenvalue weighted by atomic mass is 10.0. The number of likely N-dealkylation sites (tertiary alicyclic amines) is 1. The highest BCUT2D eigenvalue weighted by Gasteiger charge is 2.31. The molecule has 0 aliphatic carbocycles. The third-order valence-electron chi connectivity index (χ3n) is 4.57. The van der Waals surface area contributed by atoms with Crippen LogP contribution in [0.15, 0.2) is 30.3 Å². The van der Waals surface area contributed by atoms with Crippen molar-refractivity contribution in [2.24, 2.45) is 5.92 Å². The Kier molecular flexibility index (Phi) is 5.41. The fourth-order valence-corrected chi connectivity index (χ4v) is 3.47. The maximum Gasteiger partial charge on any atom is 0.274 e. The number of benzene rings is 1. The van der Waals surface area contributed by atoms with E-state index in [-0.39, 0.29) is 11.9 Å². The molecular formula is C20H27N3O2. The van der Waals surface area contributed by atoms with E-state index in [0.717, 1.165) is 42.8 Å². The molecule has 5 heteroatoms. The Hall–Kier alpha value is -2.30. The normalized spacial score (nSPS) is 17.3. The van der Waals surface area contributed by atoms with Crippen molar-refractivity contribution in [1.29, 1.82) is 0 Å². The lowest BCUT2D eigenvalue weighted by Crippen LogP contribution is -2.30. The molecule has 1 aromatic heterocycles. The number of aromatic amines is 1. The van der Waals surface area contributed by atoms with Gasteiger partial charge in [-0.1, -0.05) is 26.0 Å². The fraction of sp³-hybridized carbons (Fsp3) is 0.500. The summed E-state index contributed by atoms with van der Waals surface area (Å²) in [6, 6.07) is 10.1. The third kappa shape index (κ3) is 4.03. The van der Waals surface area contributed by atoms with Crippen molar-refractivity contribution in [3.63, 3.8) is 0 Å². The van der Waals surface area contributed by atoms with Gasteiger partial charge in [-0.25, -0.2) is 0 Å². The average Bonchev–Trinajstić information content (AvgIpc) is 3.24. The molecule has 1 aromatic carbocycles. The molecule has 1 fully saturated rings. The van der Waals surface area contributed by atoms with Gasteiger partial charge in [0.2, 0.25) is 0 Å². The predicted molar refractivity (Wildman–Crippen MR) is 97.8 cm³/mol. The number of aromatic nitrogens is 2. The SMILES string of the molecule is CCOc1ccc(C2CCCN2C(=O)c2cc(CC(C)C)[nH]n2)cc1. The summed E-state index contributed by atoms with van der Waals surface area (Å²) in [7, 11) is 0. The second-order valence-corrected chi connectivity index (χ2v) is 7.04. The Bertz CT molecular complexity index is 706. The molecule has 134 valence electrons. The van der Waals surface area contributed by atoms with Gasteiger partial charge in [0.1, 0.15) is 11.4 Å². The first-order chi connectivity index (χ1) is 12.1. The van der Waals surface area contributed by atoms with Crippen molar-refractivity contribution in [2.45, 2.75) is 46.1 Å². The summed E-state index contributed by atoms with van der Waals surface area (Å²) in [5.74, 6) is 1.42. The van der Waals surface area contributed by atoms with Gasteiger partial charge >= 0.3 is 0 Å². The average molecular weight is 341 g/mol. The maximum absolute atomic E-state index is 12.9. The number of H-pyrrole nitrogens is 1. The van der Waals surface area contributed by atoms with Crippen LogP contribution in [0.2, 0.25) is 0 Å². The minimum Gasteiger partial charge on any atom is -0.494 e. The first-order valence-corrected chi connectivity index (χ1v) is 9.16. The number of carbonyl (C=O) groups excluding carboxylic acids is 1. The minimum atomic E-state index is 0.0163. The van der Waals surface area contributed by atoms with Crippen LogP contribution in [0.4, 0.5) is 0 Å². The number of nitrogens with one attached hydrogen (secondary N) is 1.